The highest BCUT2D eigenvalue weighted by Gasteiger charge is 2.52. The average molecular weight is 356 g/mol. The van der Waals surface area contributed by atoms with Gasteiger partial charge in [0, 0.05) is 0 Å². The zero-order valence-electron chi connectivity index (χ0n) is 15.2. The molecule has 1 saturated heterocycles. The molecular formula is C18H24BF3O3. The van der Waals surface area contributed by atoms with E-state index in [1.54, 1.807) is 0 Å². The lowest BCUT2D eigenvalue weighted by Crippen LogP contribution is -2.41. The third-order valence-corrected chi connectivity index (χ3v) is 5.57. The molecule has 1 aromatic rings. The summed E-state index contributed by atoms with van der Waals surface area (Å²) in [4.78, 5) is 0. The van der Waals surface area contributed by atoms with E-state index in [1.165, 1.54) is 12.1 Å². The van der Waals surface area contributed by atoms with Gasteiger partial charge >= 0.3 is 13.3 Å². The first-order valence-corrected chi connectivity index (χ1v) is 8.60. The number of hydrogen-bond acceptors (Lipinski definition) is 3. The van der Waals surface area contributed by atoms with Crippen molar-refractivity contribution in [3.05, 3.63) is 23.8 Å². The molecule has 0 aromatic heterocycles. The lowest BCUT2D eigenvalue weighted by atomic mass is 9.78. The molecule has 0 amide bonds. The third kappa shape index (κ3) is 3.67. The van der Waals surface area contributed by atoms with Crippen LogP contribution in [0.3, 0.4) is 0 Å². The fraction of sp³-hybridized carbons (Fsp3) is 0.667. The Morgan fingerprint density at radius 2 is 1.72 bits per heavy atom. The Balaban J connectivity index is 1.86. The zero-order chi connectivity index (χ0) is 18.6. The predicted molar refractivity (Wildman–Crippen MR) is 89.9 cm³/mol. The van der Waals surface area contributed by atoms with Gasteiger partial charge in [-0.1, -0.05) is 13.0 Å². The number of halogens is 3. The molecule has 2 unspecified atom stereocenters. The smallest absolute Gasteiger partial charge is 0.493 e. The minimum absolute atomic E-state index is 0.154. The van der Waals surface area contributed by atoms with Crippen molar-refractivity contribution in [2.45, 2.75) is 58.4 Å². The monoisotopic (exact) mass is 356 g/mol. The molecule has 3 rings (SSSR count). The topological polar surface area (TPSA) is 27.7 Å². The van der Waals surface area contributed by atoms with E-state index >= 15 is 0 Å². The first kappa shape index (κ1) is 18.6. The molecule has 2 fully saturated rings. The molecule has 7 heteroatoms. The summed E-state index contributed by atoms with van der Waals surface area (Å²) in [6.07, 6.45) is -3.46. The molecule has 0 radical (unpaired) electrons. The van der Waals surface area contributed by atoms with Crippen molar-refractivity contribution < 1.29 is 27.2 Å². The van der Waals surface area contributed by atoms with Crippen LogP contribution >= 0.6 is 0 Å². The summed E-state index contributed by atoms with van der Waals surface area (Å²) < 4.78 is 57.2. The lowest BCUT2D eigenvalue weighted by Gasteiger charge is -2.32. The van der Waals surface area contributed by atoms with E-state index in [9.17, 15) is 13.2 Å². The fourth-order valence-electron chi connectivity index (χ4n) is 2.85. The molecule has 0 bridgehead atoms. The predicted octanol–water partition coefficient (Wildman–Crippen LogP) is 4.04. The number of rotatable bonds is 4. The summed E-state index contributed by atoms with van der Waals surface area (Å²) in [6.45, 7) is 9.99. The Bertz CT molecular complexity index is 641. The summed E-state index contributed by atoms with van der Waals surface area (Å²) in [5.74, 6) is 0.695. The Morgan fingerprint density at radius 1 is 1.16 bits per heavy atom. The summed E-state index contributed by atoms with van der Waals surface area (Å²) in [5, 5.41) is 0. The van der Waals surface area contributed by atoms with Crippen LogP contribution in [0.4, 0.5) is 13.2 Å². The zero-order valence-corrected chi connectivity index (χ0v) is 15.2. The van der Waals surface area contributed by atoms with E-state index in [-0.39, 0.29) is 5.75 Å². The van der Waals surface area contributed by atoms with Gasteiger partial charge in [-0.2, -0.15) is 13.2 Å². The molecule has 1 aliphatic heterocycles. The number of ether oxygens (including phenoxy) is 1. The molecule has 2 atom stereocenters. The fourth-order valence-corrected chi connectivity index (χ4v) is 2.85. The maximum Gasteiger partial charge on any atom is 0.494 e. The molecule has 1 heterocycles. The SMILES string of the molecule is CC1CC1COc1cc(B2OC(C)(C)C(C)(C)O2)ccc1C(F)(F)F. The molecule has 138 valence electrons. The van der Waals surface area contributed by atoms with Crippen LogP contribution in [0, 0.1) is 11.8 Å². The van der Waals surface area contributed by atoms with Crippen molar-refractivity contribution in [3.63, 3.8) is 0 Å². The molecule has 1 aromatic carbocycles. The largest absolute Gasteiger partial charge is 0.494 e. The highest BCUT2D eigenvalue weighted by atomic mass is 19.4. The molecule has 0 N–H and O–H groups in total. The van der Waals surface area contributed by atoms with Crippen LogP contribution in [0.15, 0.2) is 18.2 Å². The van der Waals surface area contributed by atoms with Crippen LogP contribution in [-0.2, 0) is 15.5 Å². The summed E-state index contributed by atoms with van der Waals surface area (Å²) in [5.41, 5.74) is -1.33. The first-order valence-electron chi connectivity index (χ1n) is 8.60. The molecule has 0 spiro atoms. The van der Waals surface area contributed by atoms with Crippen molar-refractivity contribution in [3.8, 4) is 5.75 Å². The van der Waals surface area contributed by atoms with Crippen LogP contribution in [0.2, 0.25) is 0 Å². The molecule has 1 saturated carbocycles. The summed E-state index contributed by atoms with van der Waals surface area (Å²) in [7, 11) is -0.713. The van der Waals surface area contributed by atoms with E-state index in [4.69, 9.17) is 14.0 Å². The van der Waals surface area contributed by atoms with Gasteiger partial charge in [0.15, 0.2) is 0 Å². The average Bonchev–Trinajstić information content (AvgIpc) is 3.12. The standard InChI is InChI=1S/C18H24BF3O3/c1-11-8-12(11)10-23-15-9-13(6-7-14(15)18(20,21)22)19-24-16(2,3)17(4,5)25-19/h6-7,9,11-12H,8,10H2,1-5H3. The minimum atomic E-state index is -4.46. The molecule has 1 aliphatic carbocycles. The van der Waals surface area contributed by atoms with Crippen LogP contribution in [0.5, 0.6) is 5.75 Å². The highest BCUT2D eigenvalue weighted by molar-refractivity contribution is 6.62. The van der Waals surface area contributed by atoms with E-state index in [2.05, 4.69) is 6.92 Å². The van der Waals surface area contributed by atoms with Gasteiger partial charge < -0.3 is 14.0 Å². The van der Waals surface area contributed by atoms with Gasteiger partial charge in [-0.25, -0.2) is 0 Å². The summed E-state index contributed by atoms with van der Waals surface area (Å²) in [6, 6.07) is 3.85. The van der Waals surface area contributed by atoms with Gasteiger partial charge in [-0.15, -0.1) is 0 Å². The second-order valence-corrected chi connectivity index (χ2v) is 8.13. The van der Waals surface area contributed by atoms with Gasteiger partial charge in [-0.3, -0.25) is 0 Å². The quantitative estimate of drug-likeness (QED) is 0.763. The second-order valence-electron chi connectivity index (χ2n) is 8.13. The minimum Gasteiger partial charge on any atom is -0.493 e. The molecule has 3 nitrogen and oxygen atoms in total. The van der Waals surface area contributed by atoms with Crippen molar-refractivity contribution in [2.75, 3.05) is 6.61 Å². The van der Waals surface area contributed by atoms with Gasteiger partial charge in [0.25, 0.3) is 0 Å². The maximum atomic E-state index is 13.3. The molecule has 25 heavy (non-hydrogen) atoms. The molecular weight excluding hydrogens is 332 g/mol. The lowest BCUT2D eigenvalue weighted by molar-refractivity contribution is -0.139. The molecule has 2 aliphatic rings. The van der Waals surface area contributed by atoms with Crippen LogP contribution in [-0.4, -0.2) is 24.9 Å². The Hall–Kier alpha value is -1.21. The third-order valence-electron chi connectivity index (χ3n) is 5.57. The van der Waals surface area contributed by atoms with Crippen LogP contribution in [0.25, 0.3) is 0 Å². The van der Waals surface area contributed by atoms with Crippen molar-refractivity contribution in [1.29, 1.82) is 0 Å². The number of benzene rings is 1. The van der Waals surface area contributed by atoms with Crippen molar-refractivity contribution in [1.82, 2.24) is 0 Å². The van der Waals surface area contributed by atoms with Gasteiger partial charge in [-0.05, 0) is 63.5 Å². The van der Waals surface area contributed by atoms with Crippen LogP contribution in [0.1, 0.15) is 46.6 Å². The second kappa shape index (κ2) is 5.91. The number of alkyl halides is 3. The highest BCUT2D eigenvalue weighted by Crippen LogP contribution is 2.41. The number of hydrogen-bond donors (Lipinski definition) is 0. The van der Waals surface area contributed by atoms with Crippen LogP contribution < -0.4 is 10.2 Å². The first-order chi connectivity index (χ1) is 11.4. The van der Waals surface area contributed by atoms with E-state index in [0.717, 1.165) is 12.5 Å². The summed E-state index contributed by atoms with van der Waals surface area (Å²) >= 11 is 0. The van der Waals surface area contributed by atoms with E-state index < -0.39 is 30.1 Å². The van der Waals surface area contributed by atoms with Crippen molar-refractivity contribution >= 4 is 12.6 Å². The van der Waals surface area contributed by atoms with E-state index in [1.807, 2.05) is 27.7 Å². The Morgan fingerprint density at radius 3 is 2.20 bits per heavy atom. The van der Waals surface area contributed by atoms with E-state index in [0.29, 0.717) is 23.9 Å². The van der Waals surface area contributed by atoms with Gasteiger partial charge in [0.05, 0.1) is 23.4 Å². The van der Waals surface area contributed by atoms with Gasteiger partial charge in [0.2, 0.25) is 0 Å². The normalized spacial score (nSPS) is 27.4. The Labute approximate surface area is 147 Å². The maximum absolute atomic E-state index is 13.3. The Kier molecular flexibility index (Phi) is 4.39. The van der Waals surface area contributed by atoms with Crippen molar-refractivity contribution in [2.24, 2.45) is 11.8 Å². The van der Waals surface area contributed by atoms with Gasteiger partial charge in [0.1, 0.15) is 5.75 Å².